The van der Waals surface area contributed by atoms with Gasteiger partial charge in [-0.3, -0.25) is 0 Å². The van der Waals surface area contributed by atoms with Crippen LogP contribution in [0.2, 0.25) is 0 Å². The molecular weight excluding hydrogens is 270 g/mol. The van der Waals surface area contributed by atoms with Gasteiger partial charge < -0.3 is 4.84 Å². The Labute approximate surface area is 130 Å². The lowest BCUT2D eigenvalue weighted by Crippen LogP contribution is -2.26. The number of benzene rings is 3. The standard InChI is InChI=1S/C20H17NO/c1-3-9-16(10-4-1)15-21-20(17-11-5-2-6-12-17)18-13-7-8-14-19(18)22-21/h1-14,20H,15H2. The minimum Gasteiger partial charge on any atom is -0.404 e. The molecule has 1 heterocycles. The van der Waals surface area contributed by atoms with Gasteiger partial charge in [-0.2, -0.15) is 0 Å². The Balaban J connectivity index is 1.72. The first-order valence-corrected chi connectivity index (χ1v) is 7.54. The zero-order valence-corrected chi connectivity index (χ0v) is 12.2. The summed E-state index contributed by atoms with van der Waals surface area (Å²) in [5, 5.41) is 2.06. The summed E-state index contributed by atoms with van der Waals surface area (Å²) in [4.78, 5) is 6.11. The molecule has 1 aliphatic heterocycles. The molecule has 1 aliphatic rings. The summed E-state index contributed by atoms with van der Waals surface area (Å²) >= 11 is 0. The van der Waals surface area contributed by atoms with E-state index < -0.39 is 0 Å². The van der Waals surface area contributed by atoms with E-state index in [1.54, 1.807) is 0 Å². The van der Waals surface area contributed by atoms with Crippen LogP contribution in [0.5, 0.6) is 5.75 Å². The zero-order valence-electron chi connectivity index (χ0n) is 12.2. The maximum Gasteiger partial charge on any atom is 0.152 e. The molecule has 0 saturated carbocycles. The van der Waals surface area contributed by atoms with E-state index in [0.29, 0.717) is 0 Å². The molecule has 0 bridgehead atoms. The van der Waals surface area contributed by atoms with Gasteiger partial charge in [-0.25, -0.2) is 0 Å². The topological polar surface area (TPSA) is 12.5 Å². The van der Waals surface area contributed by atoms with Gasteiger partial charge in [0.25, 0.3) is 0 Å². The molecule has 0 amide bonds. The first-order valence-electron chi connectivity index (χ1n) is 7.54. The fourth-order valence-electron chi connectivity index (χ4n) is 2.99. The number of fused-ring (bicyclic) bond motifs is 1. The van der Waals surface area contributed by atoms with Crippen LogP contribution in [0.1, 0.15) is 22.7 Å². The molecule has 0 aliphatic carbocycles. The number of para-hydroxylation sites is 1. The Morgan fingerprint density at radius 3 is 2.14 bits per heavy atom. The van der Waals surface area contributed by atoms with E-state index in [0.717, 1.165) is 12.3 Å². The van der Waals surface area contributed by atoms with Crippen LogP contribution >= 0.6 is 0 Å². The van der Waals surface area contributed by atoms with Crippen LogP contribution in [0, 0.1) is 0 Å². The van der Waals surface area contributed by atoms with Gasteiger partial charge in [-0.05, 0) is 17.2 Å². The molecule has 0 aromatic heterocycles. The first kappa shape index (κ1) is 13.1. The number of hydroxylamine groups is 2. The first-order chi connectivity index (χ1) is 10.9. The van der Waals surface area contributed by atoms with Gasteiger partial charge >= 0.3 is 0 Å². The highest BCUT2D eigenvalue weighted by Crippen LogP contribution is 2.41. The van der Waals surface area contributed by atoms with E-state index in [1.165, 1.54) is 16.7 Å². The highest BCUT2D eigenvalue weighted by atomic mass is 16.7. The second-order valence-electron chi connectivity index (χ2n) is 5.50. The Bertz CT molecular complexity index is 755. The van der Waals surface area contributed by atoms with Crippen LogP contribution in [0.25, 0.3) is 0 Å². The molecular formula is C20H17NO. The molecule has 0 N–H and O–H groups in total. The lowest BCUT2D eigenvalue weighted by Gasteiger charge is -2.23. The summed E-state index contributed by atoms with van der Waals surface area (Å²) in [6.07, 6.45) is 0. The number of hydrogen-bond donors (Lipinski definition) is 0. The number of nitrogens with zero attached hydrogens (tertiary/aromatic N) is 1. The molecule has 0 spiro atoms. The highest BCUT2D eigenvalue weighted by molar-refractivity contribution is 5.44. The quantitative estimate of drug-likeness (QED) is 0.699. The lowest BCUT2D eigenvalue weighted by molar-refractivity contribution is -0.0682. The Morgan fingerprint density at radius 1 is 0.727 bits per heavy atom. The lowest BCUT2D eigenvalue weighted by atomic mass is 9.98. The summed E-state index contributed by atoms with van der Waals surface area (Å²) in [7, 11) is 0. The molecule has 0 radical (unpaired) electrons. The van der Waals surface area contributed by atoms with Crippen molar-refractivity contribution in [2.24, 2.45) is 0 Å². The average Bonchev–Trinajstić information content (AvgIpc) is 2.94. The molecule has 2 heteroatoms. The minimum absolute atomic E-state index is 0.137. The Kier molecular flexibility index (Phi) is 3.37. The van der Waals surface area contributed by atoms with Crippen LogP contribution in [-0.4, -0.2) is 5.06 Å². The molecule has 0 fully saturated rings. The molecule has 1 unspecified atom stereocenters. The van der Waals surface area contributed by atoms with Crippen LogP contribution < -0.4 is 4.84 Å². The maximum absolute atomic E-state index is 6.11. The van der Waals surface area contributed by atoms with Crippen LogP contribution in [0.4, 0.5) is 0 Å². The van der Waals surface area contributed by atoms with Crippen LogP contribution in [0.3, 0.4) is 0 Å². The Hall–Kier alpha value is -2.58. The molecule has 22 heavy (non-hydrogen) atoms. The average molecular weight is 287 g/mol. The van der Waals surface area contributed by atoms with E-state index in [-0.39, 0.29) is 6.04 Å². The van der Waals surface area contributed by atoms with E-state index >= 15 is 0 Å². The summed E-state index contributed by atoms with van der Waals surface area (Å²) in [6, 6.07) is 29.4. The molecule has 3 aromatic rings. The van der Waals surface area contributed by atoms with Gasteiger partial charge in [-0.1, -0.05) is 78.9 Å². The summed E-state index contributed by atoms with van der Waals surface area (Å²) in [6.45, 7) is 0.759. The summed E-state index contributed by atoms with van der Waals surface area (Å²) < 4.78 is 0. The highest BCUT2D eigenvalue weighted by Gasteiger charge is 2.33. The number of rotatable bonds is 3. The van der Waals surface area contributed by atoms with Crippen molar-refractivity contribution in [3.8, 4) is 5.75 Å². The van der Waals surface area contributed by atoms with Crippen LogP contribution in [0.15, 0.2) is 84.9 Å². The van der Waals surface area contributed by atoms with E-state index in [2.05, 4.69) is 65.7 Å². The van der Waals surface area contributed by atoms with Crippen molar-refractivity contribution in [3.05, 3.63) is 102 Å². The summed E-state index contributed by atoms with van der Waals surface area (Å²) in [5.41, 5.74) is 3.73. The van der Waals surface area contributed by atoms with Gasteiger partial charge in [0, 0.05) is 5.56 Å². The van der Waals surface area contributed by atoms with Crippen LogP contribution in [-0.2, 0) is 6.54 Å². The largest absolute Gasteiger partial charge is 0.404 e. The summed E-state index contributed by atoms with van der Waals surface area (Å²) in [5.74, 6) is 0.951. The molecule has 4 rings (SSSR count). The van der Waals surface area contributed by atoms with Crippen molar-refractivity contribution in [2.75, 3.05) is 0 Å². The van der Waals surface area contributed by atoms with Gasteiger partial charge in [0.1, 0.15) is 0 Å². The fraction of sp³-hybridized carbons (Fsp3) is 0.100. The smallest absolute Gasteiger partial charge is 0.152 e. The minimum atomic E-state index is 0.137. The van der Waals surface area contributed by atoms with Crippen molar-refractivity contribution in [2.45, 2.75) is 12.6 Å². The molecule has 0 saturated heterocycles. The third-order valence-corrected chi connectivity index (χ3v) is 4.01. The van der Waals surface area contributed by atoms with Crippen molar-refractivity contribution in [1.29, 1.82) is 0 Å². The van der Waals surface area contributed by atoms with E-state index in [1.807, 2.05) is 24.3 Å². The second kappa shape index (κ2) is 5.66. The SMILES string of the molecule is c1ccc(CN2Oc3ccccc3C2c2ccccc2)cc1. The van der Waals surface area contributed by atoms with Crippen molar-refractivity contribution >= 4 is 0 Å². The third-order valence-electron chi connectivity index (χ3n) is 4.01. The monoisotopic (exact) mass is 287 g/mol. The number of hydrogen-bond acceptors (Lipinski definition) is 2. The third kappa shape index (κ3) is 2.38. The van der Waals surface area contributed by atoms with E-state index in [4.69, 9.17) is 4.84 Å². The van der Waals surface area contributed by atoms with E-state index in [9.17, 15) is 0 Å². The van der Waals surface area contributed by atoms with Gasteiger partial charge in [0.2, 0.25) is 0 Å². The normalized spacial score (nSPS) is 17.0. The van der Waals surface area contributed by atoms with Gasteiger partial charge in [0.15, 0.2) is 5.75 Å². The predicted molar refractivity (Wildman–Crippen MR) is 87.3 cm³/mol. The predicted octanol–water partition coefficient (Wildman–Crippen LogP) is 4.59. The molecule has 2 nitrogen and oxygen atoms in total. The molecule has 1 atom stereocenters. The zero-order chi connectivity index (χ0) is 14.8. The fourth-order valence-corrected chi connectivity index (χ4v) is 2.99. The van der Waals surface area contributed by atoms with Crippen molar-refractivity contribution in [3.63, 3.8) is 0 Å². The maximum atomic E-state index is 6.11. The second-order valence-corrected chi connectivity index (χ2v) is 5.50. The molecule has 108 valence electrons. The molecule has 3 aromatic carbocycles. The van der Waals surface area contributed by atoms with Crippen molar-refractivity contribution < 1.29 is 4.84 Å². The van der Waals surface area contributed by atoms with Gasteiger partial charge in [-0.15, -0.1) is 5.06 Å². The van der Waals surface area contributed by atoms with Crippen molar-refractivity contribution in [1.82, 2.24) is 5.06 Å². The Morgan fingerprint density at radius 2 is 1.36 bits per heavy atom. The van der Waals surface area contributed by atoms with Gasteiger partial charge in [0.05, 0.1) is 12.6 Å².